The summed E-state index contributed by atoms with van der Waals surface area (Å²) in [4.78, 5) is 18.0. The third kappa shape index (κ3) is 5.47. The number of nitrogens with one attached hydrogen (secondary N) is 1. The van der Waals surface area contributed by atoms with Gasteiger partial charge in [-0.05, 0) is 37.1 Å². The fourth-order valence-electron chi connectivity index (χ4n) is 3.93. The zero-order chi connectivity index (χ0) is 25.7. The standard InChI is InChI=1S/C26H29ClN4O4S/c1-5-6-13-35-24(32)22-16(2)28-25-29-26(36-15-17-9-7-8-10-20(17)27)30-31(25)23(22)19-12-11-18(33-3)14-21(19)34-4/h7-12,14,23H,5-6,13,15H2,1-4H3,(H,28,29,30). The number of aromatic nitrogens is 3. The van der Waals surface area contributed by atoms with Crippen molar-refractivity contribution in [2.24, 2.45) is 0 Å². The minimum Gasteiger partial charge on any atom is -0.497 e. The van der Waals surface area contributed by atoms with Gasteiger partial charge in [-0.25, -0.2) is 9.48 Å². The third-order valence-corrected chi connectivity index (χ3v) is 7.09. The molecule has 0 saturated carbocycles. The van der Waals surface area contributed by atoms with Gasteiger partial charge in [0.15, 0.2) is 0 Å². The van der Waals surface area contributed by atoms with E-state index < -0.39 is 12.0 Å². The normalized spacial score (nSPS) is 14.8. The van der Waals surface area contributed by atoms with Crippen molar-refractivity contribution < 1.29 is 19.0 Å². The molecule has 0 amide bonds. The molecule has 1 aromatic heterocycles. The predicted molar refractivity (Wildman–Crippen MR) is 141 cm³/mol. The molecule has 36 heavy (non-hydrogen) atoms. The number of unbranched alkanes of at least 4 members (excludes halogenated alkanes) is 1. The Hall–Kier alpha value is -3.17. The number of hydrogen-bond acceptors (Lipinski definition) is 8. The predicted octanol–water partition coefficient (Wildman–Crippen LogP) is 5.87. The minimum atomic E-state index is -0.599. The topological polar surface area (TPSA) is 87.5 Å². The number of nitrogens with zero attached hydrogens (tertiary/aromatic N) is 3. The van der Waals surface area contributed by atoms with Gasteiger partial charge in [0.2, 0.25) is 11.1 Å². The van der Waals surface area contributed by atoms with Crippen LogP contribution in [0, 0.1) is 0 Å². The number of ether oxygens (including phenoxy) is 3. The summed E-state index contributed by atoms with van der Waals surface area (Å²) >= 11 is 7.79. The van der Waals surface area contributed by atoms with Crippen LogP contribution in [0.15, 0.2) is 58.9 Å². The van der Waals surface area contributed by atoms with Gasteiger partial charge < -0.3 is 19.5 Å². The summed E-state index contributed by atoms with van der Waals surface area (Å²) in [7, 11) is 3.18. The van der Waals surface area contributed by atoms with Crippen molar-refractivity contribution in [3.05, 3.63) is 69.9 Å². The van der Waals surface area contributed by atoms with Gasteiger partial charge in [-0.15, -0.1) is 5.10 Å². The molecule has 0 saturated heterocycles. The van der Waals surface area contributed by atoms with Crippen LogP contribution in [-0.2, 0) is 15.3 Å². The number of carbonyl (C=O) groups is 1. The van der Waals surface area contributed by atoms with Gasteiger partial charge in [0.25, 0.3) is 0 Å². The van der Waals surface area contributed by atoms with E-state index in [4.69, 9.17) is 30.9 Å². The molecule has 190 valence electrons. The number of halogens is 1. The van der Waals surface area contributed by atoms with Gasteiger partial charge in [-0.1, -0.05) is 54.9 Å². The maximum atomic E-state index is 13.3. The lowest BCUT2D eigenvalue weighted by molar-refractivity contribution is -0.139. The summed E-state index contributed by atoms with van der Waals surface area (Å²) in [6.45, 7) is 4.24. The summed E-state index contributed by atoms with van der Waals surface area (Å²) in [5.41, 5.74) is 2.85. The van der Waals surface area contributed by atoms with E-state index in [0.29, 0.717) is 51.3 Å². The van der Waals surface area contributed by atoms with Crippen molar-refractivity contribution in [1.82, 2.24) is 14.8 Å². The number of esters is 1. The summed E-state index contributed by atoms with van der Waals surface area (Å²) in [5, 5.41) is 9.26. The highest BCUT2D eigenvalue weighted by atomic mass is 35.5. The number of anilines is 1. The number of hydrogen-bond donors (Lipinski definition) is 1. The van der Waals surface area contributed by atoms with Crippen molar-refractivity contribution in [2.45, 2.75) is 43.6 Å². The Labute approximate surface area is 220 Å². The molecule has 3 aromatic rings. The second-order valence-electron chi connectivity index (χ2n) is 8.21. The first-order valence-electron chi connectivity index (χ1n) is 11.7. The van der Waals surface area contributed by atoms with Crippen molar-refractivity contribution in [3.63, 3.8) is 0 Å². The molecule has 1 aliphatic rings. The van der Waals surface area contributed by atoms with E-state index in [1.54, 1.807) is 25.0 Å². The summed E-state index contributed by atoms with van der Waals surface area (Å²) < 4.78 is 18.4. The molecule has 8 nitrogen and oxygen atoms in total. The van der Waals surface area contributed by atoms with Gasteiger partial charge >= 0.3 is 5.97 Å². The Balaban J connectivity index is 1.73. The van der Waals surface area contributed by atoms with Gasteiger partial charge in [-0.2, -0.15) is 4.98 Å². The van der Waals surface area contributed by atoms with E-state index >= 15 is 0 Å². The number of methoxy groups -OCH3 is 2. The van der Waals surface area contributed by atoms with Crippen LogP contribution in [0.25, 0.3) is 0 Å². The van der Waals surface area contributed by atoms with Crippen LogP contribution in [0.4, 0.5) is 5.95 Å². The molecule has 0 spiro atoms. The molecule has 1 N–H and O–H groups in total. The highest BCUT2D eigenvalue weighted by Crippen LogP contribution is 2.41. The first-order chi connectivity index (χ1) is 17.5. The fraction of sp³-hybridized carbons (Fsp3) is 0.346. The summed E-state index contributed by atoms with van der Waals surface area (Å²) in [6, 6.07) is 12.6. The molecule has 0 radical (unpaired) electrons. The Morgan fingerprint density at radius 2 is 2.00 bits per heavy atom. The van der Waals surface area contributed by atoms with E-state index in [1.807, 2.05) is 43.3 Å². The number of thioether (sulfide) groups is 1. The highest BCUT2D eigenvalue weighted by Gasteiger charge is 2.37. The van der Waals surface area contributed by atoms with Crippen LogP contribution in [-0.4, -0.2) is 41.6 Å². The van der Waals surface area contributed by atoms with E-state index in [1.165, 1.54) is 11.8 Å². The van der Waals surface area contributed by atoms with Crippen LogP contribution < -0.4 is 14.8 Å². The second kappa shape index (κ2) is 11.7. The molecule has 0 fully saturated rings. The second-order valence-corrected chi connectivity index (χ2v) is 9.56. The number of carbonyl (C=O) groups excluding carboxylic acids is 1. The Morgan fingerprint density at radius 3 is 2.72 bits per heavy atom. The first-order valence-corrected chi connectivity index (χ1v) is 13.0. The van der Waals surface area contributed by atoms with Gasteiger partial charge in [0.05, 0.1) is 26.4 Å². The summed E-state index contributed by atoms with van der Waals surface area (Å²) in [6.07, 6.45) is 1.72. The zero-order valence-electron chi connectivity index (χ0n) is 20.7. The van der Waals surface area contributed by atoms with Gasteiger partial charge in [-0.3, -0.25) is 0 Å². The number of rotatable bonds is 10. The Bertz CT molecular complexity index is 1280. The molecule has 1 unspecified atom stereocenters. The molecule has 0 aliphatic carbocycles. The lowest BCUT2D eigenvalue weighted by Gasteiger charge is -2.29. The van der Waals surface area contributed by atoms with E-state index in [0.717, 1.165) is 24.0 Å². The first kappa shape index (κ1) is 25.9. The quantitative estimate of drug-likeness (QED) is 0.198. The number of benzene rings is 2. The van der Waals surface area contributed by atoms with Crippen molar-refractivity contribution in [3.8, 4) is 11.5 Å². The lowest BCUT2D eigenvalue weighted by atomic mass is 9.95. The fourth-order valence-corrected chi connectivity index (χ4v) is 5.05. The molecular weight excluding hydrogens is 500 g/mol. The monoisotopic (exact) mass is 528 g/mol. The van der Waals surface area contributed by atoms with Crippen LogP contribution in [0.2, 0.25) is 5.02 Å². The number of fused-ring (bicyclic) bond motifs is 1. The van der Waals surface area contributed by atoms with Crippen LogP contribution in [0.1, 0.15) is 43.9 Å². The van der Waals surface area contributed by atoms with Gasteiger partial charge in [0.1, 0.15) is 17.5 Å². The molecular formula is C26H29ClN4O4S. The average Bonchev–Trinajstić information content (AvgIpc) is 3.29. The van der Waals surface area contributed by atoms with Crippen molar-refractivity contribution in [2.75, 3.05) is 26.1 Å². The van der Waals surface area contributed by atoms with E-state index in [2.05, 4.69) is 17.2 Å². The van der Waals surface area contributed by atoms with Crippen LogP contribution in [0.3, 0.4) is 0 Å². The Morgan fingerprint density at radius 1 is 1.19 bits per heavy atom. The maximum Gasteiger partial charge on any atom is 0.338 e. The highest BCUT2D eigenvalue weighted by molar-refractivity contribution is 7.98. The molecule has 10 heteroatoms. The smallest absolute Gasteiger partial charge is 0.338 e. The van der Waals surface area contributed by atoms with Crippen molar-refractivity contribution in [1.29, 1.82) is 0 Å². The zero-order valence-corrected chi connectivity index (χ0v) is 22.3. The summed E-state index contributed by atoms with van der Waals surface area (Å²) in [5.74, 6) is 1.95. The van der Waals surface area contributed by atoms with Crippen LogP contribution in [0.5, 0.6) is 11.5 Å². The molecule has 2 heterocycles. The van der Waals surface area contributed by atoms with Crippen LogP contribution >= 0.6 is 23.4 Å². The molecule has 0 bridgehead atoms. The molecule has 4 rings (SSSR count). The minimum absolute atomic E-state index is 0.349. The molecule has 2 aromatic carbocycles. The van der Waals surface area contributed by atoms with E-state index in [-0.39, 0.29) is 0 Å². The van der Waals surface area contributed by atoms with Gasteiger partial charge in [0, 0.05) is 28.1 Å². The molecule has 1 aliphatic heterocycles. The third-order valence-electron chi connectivity index (χ3n) is 5.83. The van der Waals surface area contributed by atoms with E-state index in [9.17, 15) is 4.79 Å². The average molecular weight is 529 g/mol. The maximum absolute atomic E-state index is 13.3. The number of allylic oxidation sites excluding steroid dienone is 1. The Kier molecular flexibility index (Phi) is 8.43. The lowest BCUT2D eigenvalue weighted by Crippen LogP contribution is -2.30. The van der Waals surface area contributed by atoms with Crippen molar-refractivity contribution >= 4 is 35.3 Å². The largest absolute Gasteiger partial charge is 0.497 e. The molecule has 1 atom stereocenters. The SMILES string of the molecule is CCCCOC(=O)C1=C(C)Nc2nc(SCc3ccccc3Cl)nn2C1c1ccc(OC)cc1OC.